The van der Waals surface area contributed by atoms with Gasteiger partial charge >= 0.3 is 0 Å². The minimum Gasteiger partial charge on any atom is -0.489 e. The van der Waals surface area contributed by atoms with Crippen LogP contribution in [0, 0.1) is 6.92 Å². The molecular weight excluding hydrogens is 268 g/mol. The van der Waals surface area contributed by atoms with Gasteiger partial charge in [-0.25, -0.2) is 4.98 Å². The molecule has 2 aromatic rings. The first-order chi connectivity index (χ1) is 10.1. The van der Waals surface area contributed by atoms with Crippen LogP contribution in [0.2, 0.25) is 0 Å². The van der Waals surface area contributed by atoms with Gasteiger partial charge in [-0.05, 0) is 19.1 Å². The normalized spacial score (nSPS) is 10.2. The first kappa shape index (κ1) is 14.8. The Labute approximate surface area is 123 Å². The van der Waals surface area contributed by atoms with Crippen LogP contribution >= 0.6 is 0 Å². The van der Waals surface area contributed by atoms with E-state index in [1.807, 2.05) is 13.0 Å². The second-order valence-electron chi connectivity index (χ2n) is 4.59. The zero-order chi connectivity index (χ0) is 15.2. The Morgan fingerprint density at radius 2 is 2.24 bits per heavy atom. The molecule has 0 saturated heterocycles. The van der Waals surface area contributed by atoms with E-state index in [0.29, 0.717) is 30.3 Å². The van der Waals surface area contributed by atoms with Crippen molar-refractivity contribution in [1.82, 2.24) is 20.1 Å². The van der Waals surface area contributed by atoms with Gasteiger partial charge in [0.1, 0.15) is 18.2 Å². The van der Waals surface area contributed by atoms with Gasteiger partial charge < -0.3 is 9.64 Å². The van der Waals surface area contributed by atoms with E-state index in [9.17, 15) is 4.79 Å². The molecule has 1 heterocycles. The number of amides is 1. The third-order valence-corrected chi connectivity index (χ3v) is 2.84. The molecule has 0 radical (unpaired) electrons. The molecule has 1 N–H and O–H groups in total. The monoisotopic (exact) mass is 286 g/mol. The van der Waals surface area contributed by atoms with Crippen LogP contribution in [-0.2, 0) is 6.54 Å². The molecule has 110 valence electrons. The van der Waals surface area contributed by atoms with E-state index in [2.05, 4.69) is 21.8 Å². The molecule has 0 spiro atoms. The van der Waals surface area contributed by atoms with Crippen molar-refractivity contribution in [3.63, 3.8) is 0 Å². The summed E-state index contributed by atoms with van der Waals surface area (Å²) >= 11 is 0. The van der Waals surface area contributed by atoms with Crippen LogP contribution in [0.25, 0.3) is 0 Å². The summed E-state index contributed by atoms with van der Waals surface area (Å²) in [5.41, 5.74) is 0.508. The predicted molar refractivity (Wildman–Crippen MR) is 79.1 cm³/mol. The Bertz CT molecular complexity index is 636. The van der Waals surface area contributed by atoms with Crippen molar-refractivity contribution in [3.8, 4) is 5.75 Å². The minimum atomic E-state index is -0.142. The van der Waals surface area contributed by atoms with E-state index in [1.54, 1.807) is 36.2 Å². The van der Waals surface area contributed by atoms with E-state index in [4.69, 9.17) is 4.74 Å². The molecule has 0 atom stereocenters. The number of hydrogen-bond acceptors (Lipinski definition) is 4. The number of H-pyrrole nitrogens is 1. The van der Waals surface area contributed by atoms with Crippen LogP contribution in [0.4, 0.5) is 0 Å². The number of ether oxygens (including phenoxy) is 1. The highest BCUT2D eigenvalue weighted by molar-refractivity contribution is 5.96. The third kappa shape index (κ3) is 3.68. The van der Waals surface area contributed by atoms with E-state index < -0.39 is 0 Å². The van der Waals surface area contributed by atoms with Gasteiger partial charge in [0.05, 0.1) is 12.1 Å². The number of rotatable bonds is 6. The number of para-hydroxylation sites is 1. The van der Waals surface area contributed by atoms with Gasteiger partial charge in [-0.1, -0.05) is 24.8 Å². The van der Waals surface area contributed by atoms with E-state index >= 15 is 0 Å². The molecule has 0 bridgehead atoms. The lowest BCUT2D eigenvalue weighted by Gasteiger charge is -2.17. The summed E-state index contributed by atoms with van der Waals surface area (Å²) in [6, 6.07) is 7.13. The summed E-state index contributed by atoms with van der Waals surface area (Å²) in [5.74, 6) is 1.70. The van der Waals surface area contributed by atoms with Crippen molar-refractivity contribution in [3.05, 3.63) is 54.1 Å². The van der Waals surface area contributed by atoms with E-state index in [0.717, 1.165) is 5.82 Å². The summed E-state index contributed by atoms with van der Waals surface area (Å²) in [4.78, 5) is 18.2. The summed E-state index contributed by atoms with van der Waals surface area (Å²) in [6.45, 7) is 6.11. The Hall–Kier alpha value is -2.63. The fraction of sp³-hybridized carbons (Fsp3) is 0.267. The predicted octanol–water partition coefficient (Wildman–Crippen LogP) is 1.95. The molecule has 21 heavy (non-hydrogen) atoms. The maximum absolute atomic E-state index is 12.5. The first-order valence-corrected chi connectivity index (χ1v) is 6.58. The van der Waals surface area contributed by atoms with Gasteiger partial charge in [0.15, 0.2) is 5.82 Å². The number of hydrogen-bond donors (Lipinski definition) is 1. The van der Waals surface area contributed by atoms with Crippen molar-refractivity contribution in [2.75, 3.05) is 13.7 Å². The zero-order valence-electron chi connectivity index (χ0n) is 12.2. The summed E-state index contributed by atoms with van der Waals surface area (Å²) < 4.78 is 5.51. The number of carbonyl (C=O) groups is 1. The maximum Gasteiger partial charge on any atom is 0.257 e. The van der Waals surface area contributed by atoms with Crippen LogP contribution in [0.1, 0.15) is 22.0 Å². The van der Waals surface area contributed by atoms with Crippen LogP contribution in [0.3, 0.4) is 0 Å². The van der Waals surface area contributed by atoms with Gasteiger partial charge in [-0.15, -0.1) is 0 Å². The van der Waals surface area contributed by atoms with Crippen molar-refractivity contribution >= 4 is 5.91 Å². The molecule has 6 heteroatoms. The summed E-state index contributed by atoms with van der Waals surface area (Å²) in [6.07, 6.45) is 1.64. The van der Waals surface area contributed by atoms with Gasteiger partial charge in [0.2, 0.25) is 0 Å². The van der Waals surface area contributed by atoms with Gasteiger partial charge in [0.25, 0.3) is 5.91 Å². The fourth-order valence-electron chi connectivity index (χ4n) is 1.87. The number of nitrogens with one attached hydrogen (secondary N) is 1. The maximum atomic E-state index is 12.5. The standard InChI is InChI=1S/C15H18N4O2/c1-4-9-21-13-8-6-5-7-12(13)15(20)19(3)10-14-16-11(2)17-18-14/h4-8H,1,9-10H2,2-3H3,(H,16,17,18). The van der Waals surface area contributed by atoms with Gasteiger partial charge in [-0.2, -0.15) is 5.10 Å². The molecule has 1 aromatic heterocycles. The number of benzene rings is 1. The smallest absolute Gasteiger partial charge is 0.257 e. The highest BCUT2D eigenvalue weighted by Crippen LogP contribution is 2.20. The van der Waals surface area contributed by atoms with Crippen molar-refractivity contribution in [2.45, 2.75) is 13.5 Å². The SMILES string of the molecule is C=CCOc1ccccc1C(=O)N(C)Cc1n[nH]c(C)n1. The summed E-state index contributed by atoms with van der Waals surface area (Å²) in [7, 11) is 1.71. The molecule has 0 saturated carbocycles. The average Bonchev–Trinajstić information content (AvgIpc) is 2.89. The number of aromatic amines is 1. The van der Waals surface area contributed by atoms with Gasteiger partial charge in [0, 0.05) is 7.05 Å². The number of carbonyl (C=O) groups excluding carboxylic acids is 1. The quantitative estimate of drug-likeness (QED) is 0.824. The molecular formula is C15H18N4O2. The van der Waals surface area contributed by atoms with Crippen molar-refractivity contribution in [2.24, 2.45) is 0 Å². The van der Waals surface area contributed by atoms with Gasteiger partial charge in [-0.3, -0.25) is 9.89 Å². The fourth-order valence-corrected chi connectivity index (χ4v) is 1.87. The third-order valence-electron chi connectivity index (χ3n) is 2.84. The lowest BCUT2D eigenvalue weighted by Crippen LogP contribution is -2.27. The second-order valence-corrected chi connectivity index (χ2v) is 4.59. The lowest BCUT2D eigenvalue weighted by atomic mass is 10.1. The molecule has 0 fully saturated rings. The molecule has 1 amide bonds. The first-order valence-electron chi connectivity index (χ1n) is 6.58. The Kier molecular flexibility index (Phi) is 4.71. The van der Waals surface area contributed by atoms with E-state index in [-0.39, 0.29) is 5.91 Å². The molecule has 1 aromatic carbocycles. The molecule has 0 unspecified atom stereocenters. The highest BCUT2D eigenvalue weighted by Gasteiger charge is 2.17. The number of nitrogens with zero attached hydrogens (tertiary/aromatic N) is 3. The minimum absolute atomic E-state index is 0.142. The lowest BCUT2D eigenvalue weighted by molar-refractivity contribution is 0.0777. The Morgan fingerprint density at radius 1 is 1.48 bits per heavy atom. The summed E-state index contributed by atoms with van der Waals surface area (Å²) in [5, 5.41) is 6.79. The molecule has 6 nitrogen and oxygen atoms in total. The number of aryl methyl sites for hydroxylation is 1. The van der Waals surface area contributed by atoms with Crippen LogP contribution in [-0.4, -0.2) is 39.6 Å². The molecule has 0 aliphatic rings. The number of aromatic nitrogens is 3. The molecule has 0 aliphatic carbocycles. The van der Waals surface area contributed by atoms with Crippen LogP contribution in [0.5, 0.6) is 5.75 Å². The molecule has 0 aliphatic heterocycles. The van der Waals surface area contributed by atoms with E-state index in [1.165, 1.54) is 0 Å². The van der Waals surface area contributed by atoms with Crippen LogP contribution in [0.15, 0.2) is 36.9 Å². The second kappa shape index (κ2) is 6.69. The molecule has 2 rings (SSSR count). The highest BCUT2D eigenvalue weighted by atomic mass is 16.5. The Balaban J connectivity index is 2.13. The largest absolute Gasteiger partial charge is 0.489 e. The average molecular weight is 286 g/mol. The van der Waals surface area contributed by atoms with Crippen LogP contribution < -0.4 is 4.74 Å². The van der Waals surface area contributed by atoms with Crippen molar-refractivity contribution in [1.29, 1.82) is 0 Å². The van der Waals surface area contributed by atoms with Crippen molar-refractivity contribution < 1.29 is 9.53 Å². The zero-order valence-corrected chi connectivity index (χ0v) is 12.2. The Morgan fingerprint density at radius 3 is 2.90 bits per heavy atom. The topological polar surface area (TPSA) is 71.1 Å².